The van der Waals surface area contributed by atoms with Gasteiger partial charge in [-0.2, -0.15) is 25.7 Å². The van der Waals surface area contributed by atoms with E-state index in [2.05, 4.69) is 47.5 Å². The summed E-state index contributed by atoms with van der Waals surface area (Å²) in [6.07, 6.45) is 4.60. The molecule has 1 heteroatoms. The molecule has 0 aliphatic rings. The Kier molecular flexibility index (Phi) is 9.50. The van der Waals surface area contributed by atoms with Gasteiger partial charge in [-0.1, -0.05) is 26.7 Å². The summed E-state index contributed by atoms with van der Waals surface area (Å²) in [5, 5.41) is 0. The largest absolute Gasteiger partial charge is 2.00 e. The van der Waals surface area contributed by atoms with E-state index in [-0.39, 0.29) is 21.1 Å². The average molecular weight is 324 g/mol. The maximum Gasteiger partial charge on any atom is 2.00 e. The van der Waals surface area contributed by atoms with E-state index in [1.807, 2.05) is 0 Å². The van der Waals surface area contributed by atoms with E-state index in [1.54, 1.807) is 0 Å². The van der Waals surface area contributed by atoms with E-state index in [4.69, 9.17) is 0 Å². The quantitative estimate of drug-likeness (QED) is 0.696. The summed E-state index contributed by atoms with van der Waals surface area (Å²) in [4.78, 5) is 0. The van der Waals surface area contributed by atoms with Crippen LogP contribution in [0.4, 0.5) is 0 Å². The predicted octanol–water partition coefficient (Wildman–Crippen LogP) is 3.34. The SMILES string of the molecule is C[CH-]C(C)C([CH-]C)C(C)C.[W+2]. The van der Waals surface area contributed by atoms with E-state index in [0.717, 1.165) is 17.8 Å². The van der Waals surface area contributed by atoms with Crippen molar-refractivity contribution >= 4 is 0 Å². The van der Waals surface area contributed by atoms with E-state index in [0.29, 0.717) is 0 Å². The monoisotopic (exact) mass is 324 g/mol. The maximum atomic E-state index is 2.31. The second-order valence-corrected chi connectivity index (χ2v) is 3.35. The molecule has 0 bridgehead atoms. The summed E-state index contributed by atoms with van der Waals surface area (Å²) >= 11 is 0. The molecule has 0 spiro atoms. The van der Waals surface area contributed by atoms with Crippen molar-refractivity contribution in [2.24, 2.45) is 17.8 Å². The smallest absolute Gasteiger partial charge is 0.331 e. The molecule has 2 atom stereocenters. The molecule has 66 valence electrons. The van der Waals surface area contributed by atoms with Gasteiger partial charge in [-0.05, 0) is 0 Å². The van der Waals surface area contributed by atoms with E-state index in [1.165, 1.54) is 0 Å². The van der Waals surface area contributed by atoms with Gasteiger partial charge in [0.25, 0.3) is 0 Å². The van der Waals surface area contributed by atoms with Crippen LogP contribution in [0.25, 0.3) is 0 Å². The van der Waals surface area contributed by atoms with Gasteiger partial charge in [-0.25, -0.2) is 0 Å². The molecule has 0 saturated carbocycles. The number of hydrogen-bond acceptors (Lipinski definition) is 0. The maximum absolute atomic E-state index is 2.31. The minimum Gasteiger partial charge on any atom is -0.331 e. The van der Waals surface area contributed by atoms with Crippen molar-refractivity contribution < 1.29 is 21.1 Å². The van der Waals surface area contributed by atoms with Crippen molar-refractivity contribution in [2.45, 2.75) is 34.6 Å². The van der Waals surface area contributed by atoms with Gasteiger partial charge >= 0.3 is 21.1 Å². The fourth-order valence-electron chi connectivity index (χ4n) is 1.52. The van der Waals surface area contributed by atoms with Gasteiger partial charge in [0.2, 0.25) is 0 Å². The third-order valence-electron chi connectivity index (χ3n) is 2.29. The minimum absolute atomic E-state index is 0. The Balaban J connectivity index is 0. The predicted molar refractivity (Wildman–Crippen MR) is 47.4 cm³/mol. The topological polar surface area (TPSA) is 0 Å². The van der Waals surface area contributed by atoms with Gasteiger partial charge in [0.15, 0.2) is 0 Å². The summed E-state index contributed by atoms with van der Waals surface area (Å²) in [7, 11) is 0. The Morgan fingerprint density at radius 2 is 1.36 bits per heavy atom. The second-order valence-electron chi connectivity index (χ2n) is 3.35. The molecule has 2 unspecified atom stereocenters. The fourth-order valence-corrected chi connectivity index (χ4v) is 1.52. The molecule has 0 nitrogen and oxygen atoms in total. The standard InChI is InChI=1S/C10H20.W/c1-6-9(5)10(7-2)8(3)4;/h6-10H,1-5H3;/q-2;+2. The first kappa shape index (κ1) is 14.2. The summed E-state index contributed by atoms with van der Waals surface area (Å²) in [5.74, 6) is 2.26. The molecule has 0 radical (unpaired) electrons. The molecule has 0 aromatic rings. The van der Waals surface area contributed by atoms with E-state index >= 15 is 0 Å². The zero-order valence-electron chi connectivity index (χ0n) is 8.29. The Labute approximate surface area is 86.4 Å². The zero-order valence-corrected chi connectivity index (χ0v) is 11.2. The molecule has 0 aliphatic carbocycles. The number of hydrogen-bond donors (Lipinski definition) is 0. The minimum atomic E-state index is 0. The molecular weight excluding hydrogens is 304 g/mol. The normalized spacial score (nSPS) is 15.8. The summed E-state index contributed by atoms with van der Waals surface area (Å²) in [5.41, 5.74) is 0. The summed E-state index contributed by atoms with van der Waals surface area (Å²) in [6, 6.07) is 0. The molecule has 0 fully saturated rings. The van der Waals surface area contributed by atoms with Crippen LogP contribution in [-0.2, 0) is 21.1 Å². The molecular formula is C10H20W. The molecule has 0 amide bonds. The molecule has 0 N–H and O–H groups in total. The average Bonchev–Trinajstić information content (AvgIpc) is 1.88. The molecule has 0 saturated heterocycles. The van der Waals surface area contributed by atoms with Crippen molar-refractivity contribution in [3.63, 3.8) is 0 Å². The van der Waals surface area contributed by atoms with Crippen LogP contribution in [0.2, 0.25) is 0 Å². The van der Waals surface area contributed by atoms with Crippen molar-refractivity contribution in [3.05, 3.63) is 12.8 Å². The van der Waals surface area contributed by atoms with Gasteiger partial charge in [-0.3, -0.25) is 0 Å². The molecule has 0 aliphatic heterocycles. The fraction of sp³-hybridized carbons (Fsp3) is 0.800. The Hall–Kier alpha value is 0.688. The summed E-state index contributed by atoms with van der Waals surface area (Å²) < 4.78 is 0. The van der Waals surface area contributed by atoms with Crippen molar-refractivity contribution in [1.82, 2.24) is 0 Å². The van der Waals surface area contributed by atoms with Crippen LogP contribution in [0.15, 0.2) is 0 Å². The first-order valence-electron chi connectivity index (χ1n) is 4.22. The molecule has 0 rings (SSSR count). The van der Waals surface area contributed by atoms with E-state index in [9.17, 15) is 0 Å². The van der Waals surface area contributed by atoms with Gasteiger partial charge in [-0.15, -0.1) is 0 Å². The first-order chi connectivity index (χ1) is 4.63. The van der Waals surface area contributed by atoms with Crippen LogP contribution in [0, 0.1) is 30.6 Å². The Bertz CT molecular complexity index is 78.9. The zero-order chi connectivity index (χ0) is 8.15. The second kappa shape index (κ2) is 7.34. The third kappa shape index (κ3) is 5.01. The van der Waals surface area contributed by atoms with Gasteiger partial charge < -0.3 is 12.8 Å². The number of rotatable bonds is 4. The van der Waals surface area contributed by atoms with Crippen LogP contribution < -0.4 is 0 Å². The third-order valence-corrected chi connectivity index (χ3v) is 2.29. The first-order valence-corrected chi connectivity index (χ1v) is 4.22. The molecule has 0 aromatic carbocycles. The van der Waals surface area contributed by atoms with E-state index < -0.39 is 0 Å². The van der Waals surface area contributed by atoms with Crippen LogP contribution >= 0.6 is 0 Å². The van der Waals surface area contributed by atoms with Crippen LogP contribution in [0.1, 0.15) is 34.6 Å². The Morgan fingerprint density at radius 1 is 0.909 bits per heavy atom. The van der Waals surface area contributed by atoms with Crippen LogP contribution in [0.5, 0.6) is 0 Å². The van der Waals surface area contributed by atoms with Gasteiger partial charge in [0.1, 0.15) is 0 Å². The Morgan fingerprint density at radius 3 is 1.45 bits per heavy atom. The van der Waals surface area contributed by atoms with Gasteiger partial charge in [0.05, 0.1) is 0 Å². The van der Waals surface area contributed by atoms with Crippen LogP contribution in [-0.4, -0.2) is 0 Å². The molecule has 11 heavy (non-hydrogen) atoms. The van der Waals surface area contributed by atoms with Crippen molar-refractivity contribution in [1.29, 1.82) is 0 Å². The molecule has 0 heterocycles. The van der Waals surface area contributed by atoms with Crippen molar-refractivity contribution in [3.8, 4) is 0 Å². The summed E-state index contributed by atoms with van der Waals surface area (Å²) in [6.45, 7) is 11.1. The molecule has 0 aromatic heterocycles. The van der Waals surface area contributed by atoms with Crippen LogP contribution in [0.3, 0.4) is 0 Å². The van der Waals surface area contributed by atoms with Gasteiger partial charge in [0, 0.05) is 0 Å². The van der Waals surface area contributed by atoms with Crippen molar-refractivity contribution in [2.75, 3.05) is 0 Å².